The highest BCUT2D eigenvalue weighted by Crippen LogP contribution is 2.28. The number of alkyl halides is 1. The summed E-state index contributed by atoms with van der Waals surface area (Å²) in [6, 6.07) is 1.41. The highest BCUT2D eigenvalue weighted by molar-refractivity contribution is 6.32. The quantitative estimate of drug-likeness (QED) is 0.707. The maximum atomic E-state index is 12.7. The van der Waals surface area contributed by atoms with Crippen LogP contribution in [0, 0.1) is 11.6 Å². The van der Waals surface area contributed by atoms with E-state index in [0.29, 0.717) is 6.07 Å². The minimum absolute atomic E-state index is 0.287. The highest BCUT2D eigenvalue weighted by atomic mass is 35.5. The molecule has 1 aromatic carbocycles. The minimum Gasteiger partial charge on any atom is -0.458 e. The van der Waals surface area contributed by atoms with Crippen LogP contribution in [0.2, 0.25) is 5.02 Å². The van der Waals surface area contributed by atoms with Gasteiger partial charge in [0.05, 0.1) is 5.02 Å². The van der Waals surface area contributed by atoms with Crippen LogP contribution in [0.25, 0.3) is 0 Å². The molecule has 0 aromatic heterocycles. The Labute approximate surface area is 71.7 Å². The van der Waals surface area contributed by atoms with Crippen LogP contribution in [0.3, 0.4) is 0 Å². The number of hydrogen-bond donors (Lipinski definition) is 0. The Bertz CT molecular complexity index is 267. The lowest BCUT2D eigenvalue weighted by Crippen LogP contribution is -1.95. The molecule has 0 heterocycles. The third-order valence-corrected chi connectivity index (χ3v) is 1.44. The van der Waals surface area contributed by atoms with Gasteiger partial charge in [-0.15, -0.1) is 0 Å². The molecule has 1 aromatic rings. The van der Waals surface area contributed by atoms with E-state index in [1.807, 2.05) is 0 Å². The van der Waals surface area contributed by atoms with Crippen LogP contribution >= 0.6 is 11.6 Å². The van der Waals surface area contributed by atoms with E-state index in [4.69, 9.17) is 11.6 Å². The fraction of sp³-hybridized carbons (Fsp3) is 0.143. The smallest absolute Gasteiger partial charge is 0.228 e. The molecule has 0 aliphatic heterocycles. The van der Waals surface area contributed by atoms with Crippen molar-refractivity contribution in [2.45, 2.75) is 0 Å². The summed E-state index contributed by atoms with van der Waals surface area (Å²) in [6.07, 6.45) is 0. The molecule has 0 spiro atoms. The zero-order valence-electron chi connectivity index (χ0n) is 5.78. The lowest BCUT2D eigenvalue weighted by Gasteiger charge is -2.04. The van der Waals surface area contributed by atoms with Crippen LogP contribution in [-0.2, 0) is 0 Å². The Balaban J connectivity index is 3.10. The zero-order chi connectivity index (χ0) is 9.14. The minimum atomic E-state index is -1.21. The number of hydrogen-bond acceptors (Lipinski definition) is 1. The molecule has 0 bridgehead atoms. The molecule has 66 valence electrons. The first-order valence-electron chi connectivity index (χ1n) is 2.98. The van der Waals surface area contributed by atoms with Crippen molar-refractivity contribution in [3.63, 3.8) is 0 Å². The van der Waals surface area contributed by atoms with Crippen LogP contribution in [0.1, 0.15) is 0 Å². The lowest BCUT2D eigenvalue weighted by atomic mass is 10.3. The largest absolute Gasteiger partial charge is 0.458 e. The van der Waals surface area contributed by atoms with Crippen molar-refractivity contribution in [2.24, 2.45) is 0 Å². The molecule has 0 saturated heterocycles. The summed E-state index contributed by atoms with van der Waals surface area (Å²) in [6.45, 7) is -1.21. The van der Waals surface area contributed by atoms with Crippen molar-refractivity contribution in [1.29, 1.82) is 0 Å². The second kappa shape index (κ2) is 3.67. The first kappa shape index (κ1) is 9.19. The Hall–Kier alpha value is -0.900. The third kappa shape index (κ3) is 1.82. The van der Waals surface area contributed by atoms with Gasteiger partial charge in [-0.05, 0) is 6.07 Å². The second-order valence-electron chi connectivity index (χ2n) is 1.95. The summed E-state index contributed by atoms with van der Waals surface area (Å²) >= 11 is 5.34. The van der Waals surface area contributed by atoms with Crippen LogP contribution < -0.4 is 4.74 Å². The van der Waals surface area contributed by atoms with E-state index in [9.17, 15) is 13.2 Å². The molecule has 0 atom stereocenters. The van der Waals surface area contributed by atoms with E-state index in [2.05, 4.69) is 4.74 Å². The molecule has 0 N–H and O–H groups in total. The molecule has 0 unspecified atom stereocenters. The van der Waals surface area contributed by atoms with Gasteiger partial charge in [0.1, 0.15) is 5.82 Å². The van der Waals surface area contributed by atoms with Crippen molar-refractivity contribution in [1.82, 2.24) is 0 Å². The van der Waals surface area contributed by atoms with Gasteiger partial charge in [-0.2, -0.15) is 0 Å². The maximum Gasteiger partial charge on any atom is 0.228 e. The van der Waals surface area contributed by atoms with Crippen LogP contribution in [0.15, 0.2) is 12.1 Å². The molecular formula is C7H4ClF3O. The number of benzene rings is 1. The van der Waals surface area contributed by atoms with Crippen LogP contribution in [-0.4, -0.2) is 6.86 Å². The Morgan fingerprint density at radius 2 is 2.00 bits per heavy atom. The first-order chi connectivity index (χ1) is 5.65. The molecule has 1 nitrogen and oxygen atoms in total. The molecule has 12 heavy (non-hydrogen) atoms. The molecule has 1 rings (SSSR count). The molecule has 0 fully saturated rings. The van der Waals surface area contributed by atoms with E-state index in [1.165, 1.54) is 0 Å². The van der Waals surface area contributed by atoms with Crippen molar-refractivity contribution in [3.05, 3.63) is 28.8 Å². The normalized spacial score (nSPS) is 10.0. The van der Waals surface area contributed by atoms with Crippen LogP contribution in [0.4, 0.5) is 13.2 Å². The predicted octanol–water partition coefficient (Wildman–Crippen LogP) is 2.92. The maximum absolute atomic E-state index is 12.7. The summed E-state index contributed by atoms with van der Waals surface area (Å²) in [5, 5.41) is -0.287. The van der Waals surface area contributed by atoms with Crippen molar-refractivity contribution < 1.29 is 17.9 Å². The number of halogens is 4. The molecule has 0 saturated carbocycles. The predicted molar refractivity (Wildman–Crippen MR) is 38.0 cm³/mol. The molecule has 0 aliphatic carbocycles. The van der Waals surface area contributed by atoms with Gasteiger partial charge in [0.2, 0.25) is 6.86 Å². The summed E-state index contributed by atoms with van der Waals surface area (Å²) in [4.78, 5) is 0. The van der Waals surface area contributed by atoms with Gasteiger partial charge in [-0.25, -0.2) is 13.2 Å². The first-order valence-corrected chi connectivity index (χ1v) is 3.36. The number of ether oxygens (including phenoxy) is 1. The van der Waals surface area contributed by atoms with E-state index >= 15 is 0 Å². The van der Waals surface area contributed by atoms with Crippen LogP contribution in [0.5, 0.6) is 5.75 Å². The monoisotopic (exact) mass is 196 g/mol. The van der Waals surface area contributed by atoms with E-state index in [1.54, 1.807) is 0 Å². The van der Waals surface area contributed by atoms with Crippen molar-refractivity contribution in [3.8, 4) is 5.75 Å². The van der Waals surface area contributed by atoms with Gasteiger partial charge in [-0.3, -0.25) is 0 Å². The summed E-state index contributed by atoms with van der Waals surface area (Å²) < 4.78 is 40.8. The van der Waals surface area contributed by atoms with E-state index in [-0.39, 0.29) is 5.02 Å². The molecular weight excluding hydrogens is 193 g/mol. The average molecular weight is 197 g/mol. The SMILES string of the molecule is FCOc1c(F)cc(F)cc1Cl. The summed E-state index contributed by atoms with van der Waals surface area (Å²) in [5.74, 6) is -2.32. The Kier molecular flexibility index (Phi) is 2.81. The van der Waals surface area contributed by atoms with Gasteiger partial charge >= 0.3 is 0 Å². The van der Waals surface area contributed by atoms with Gasteiger partial charge in [0, 0.05) is 6.07 Å². The molecule has 0 radical (unpaired) electrons. The van der Waals surface area contributed by atoms with Gasteiger partial charge in [0.15, 0.2) is 11.6 Å². The fourth-order valence-electron chi connectivity index (χ4n) is 0.721. The van der Waals surface area contributed by atoms with Gasteiger partial charge in [-0.1, -0.05) is 11.6 Å². The third-order valence-electron chi connectivity index (χ3n) is 1.16. The van der Waals surface area contributed by atoms with Crippen molar-refractivity contribution >= 4 is 11.6 Å². The highest BCUT2D eigenvalue weighted by Gasteiger charge is 2.10. The molecule has 5 heteroatoms. The second-order valence-corrected chi connectivity index (χ2v) is 2.36. The van der Waals surface area contributed by atoms with E-state index < -0.39 is 24.2 Å². The topological polar surface area (TPSA) is 9.23 Å². The van der Waals surface area contributed by atoms with Gasteiger partial charge in [0.25, 0.3) is 0 Å². The molecule has 0 aliphatic rings. The Morgan fingerprint density at radius 1 is 1.33 bits per heavy atom. The van der Waals surface area contributed by atoms with Crippen molar-refractivity contribution in [2.75, 3.05) is 6.86 Å². The summed E-state index contributed by atoms with van der Waals surface area (Å²) in [5.41, 5.74) is 0. The summed E-state index contributed by atoms with van der Waals surface area (Å²) in [7, 11) is 0. The standard InChI is InChI=1S/C7H4ClF3O/c8-5-1-4(10)2-6(11)7(5)12-3-9/h1-2H,3H2. The Morgan fingerprint density at radius 3 is 2.50 bits per heavy atom. The zero-order valence-corrected chi connectivity index (χ0v) is 6.54. The fourth-order valence-corrected chi connectivity index (χ4v) is 0.970. The van der Waals surface area contributed by atoms with E-state index in [0.717, 1.165) is 6.07 Å². The average Bonchev–Trinajstić information content (AvgIpc) is 1.96. The lowest BCUT2D eigenvalue weighted by molar-refractivity contribution is 0.184. The van der Waals surface area contributed by atoms with Gasteiger partial charge < -0.3 is 4.74 Å². The number of rotatable bonds is 2. The molecule has 0 amide bonds.